The van der Waals surface area contributed by atoms with Crippen LogP contribution in [-0.2, 0) is 16.7 Å². The van der Waals surface area contributed by atoms with Crippen molar-refractivity contribution in [1.29, 1.82) is 0 Å². The average molecular weight is 451 g/mol. The second kappa shape index (κ2) is 8.89. The Labute approximate surface area is 194 Å². The van der Waals surface area contributed by atoms with Crippen LogP contribution in [0.4, 0.5) is 4.79 Å². The van der Waals surface area contributed by atoms with Crippen LogP contribution in [0.25, 0.3) is 0 Å². The summed E-state index contributed by atoms with van der Waals surface area (Å²) < 4.78 is 11.5. The Bertz CT molecular complexity index is 1060. The minimum absolute atomic E-state index is 0.141. The Morgan fingerprint density at radius 1 is 1.15 bits per heavy atom. The van der Waals surface area contributed by atoms with Gasteiger partial charge < -0.3 is 19.7 Å². The lowest BCUT2D eigenvalue weighted by molar-refractivity contribution is 0.0152. The minimum atomic E-state index is -0.513. The van der Waals surface area contributed by atoms with E-state index in [1.54, 1.807) is 29.2 Å². The second-order valence-electron chi connectivity index (χ2n) is 9.75. The van der Waals surface area contributed by atoms with Crippen LogP contribution in [0.5, 0.6) is 5.75 Å². The van der Waals surface area contributed by atoms with Crippen molar-refractivity contribution in [3.8, 4) is 5.75 Å². The Morgan fingerprint density at radius 3 is 2.58 bits per heavy atom. The summed E-state index contributed by atoms with van der Waals surface area (Å²) in [5.74, 6) is 0.580. The van der Waals surface area contributed by atoms with Gasteiger partial charge in [0.15, 0.2) is 6.29 Å². The molecule has 0 bridgehead atoms. The number of carbonyl (C=O) groups excluding carboxylic acids is 3. The minimum Gasteiger partial charge on any atom is -0.492 e. The number of nitrogens with zero attached hydrogens (tertiary/aromatic N) is 1. The van der Waals surface area contributed by atoms with E-state index < -0.39 is 5.60 Å². The summed E-state index contributed by atoms with van der Waals surface area (Å²) in [6, 6.07) is 12.7. The van der Waals surface area contributed by atoms with Crippen molar-refractivity contribution < 1.29 is 23.9 Å². The number of hydrogen-bond acceptors (Lipinski definition) is 5. The summed E-state index contributed by atoms with van der Waals surface area (Å²) in [4.78, 5) is 38.0. The summed E-state index contributed by atoms with van der Waals surface area (Å²) >= 11 is 0. The maximum Gasteiger partial charge on any atom is 0.410 e. The van der Waals surface area contributed by atoms with E-state index in [0.717, 1.165) is 29.7 Å². The van der Waals surface area contributed by atoms with E-state index in [4.69, 9.17) is 9.47 Å². The zero-order valence-corrected chi connectivity index (χ0v) is 19.3. The highest BCUT2D eigenvalue weighted by Crippen LogP contribution is 2.46. The normalized spacial score (nSPS) is 16.6. The molecule has 0 atom stereocenters. The second-order valence-corrected chi connectivity index (χ2v) is 9.75. The van der Waals surface area contributed by atoms with Gasteiger partial charge in [0.2, 0.25) is 0 Å². The highest BCUT2D eigenvalue weighted by atomic mass is 16.6. The van der Waals surface area contributed by atoms with Crippen molar-refractivity contribution >= 4 is 18.3 Å². The number of carbonyl (C=O) groups is 3. The quantitative estimate of drug-likeness (QED) is 0.710. The number of benzene rings is 2. The van der Waals surface area contributed by atoms with Gasteiger partial charge in [0.05, 0.1) is 6.61 Å². The van der Waals surface area contributed by atoms with Crippen molar-refractivity contribution in [2.24, 2.45) is 0 Å². The smallest absolute Gasteiger partial charge is 0.410 e. The van der Waals surface area contributed by atoms with Crippen LogP contribution in [0.2, 0.25) is 0 Å². The molecule has 33 heavy (non-hydrogen) atoms. The number of piperidine rings is 1. The van der Waals surface area contributed by atoms with Gasteiger partial charge in [0, 0.05) is 41.7 Å². The molecule has 1 saturated heterocycles. The SMILES string of the molecule is CC(C)(C)OC(=O)N1CCC2(CC1)COc1ccc(CNC(=O)c3ccccc3C=O)cc12. The zero-order valence-electron chi connectivity index (χ0n) is 19.3. The number of rotatable bonds is 4. The van der Waals surface area contributed by atoms with Gasteiger partial charge >= 0.3 is 6.09 Å². The summed E-state index contributed by atoms with van der Waals surface area (Å²) in [7, 11) is 0. The van der Waals surface area contributed by atoms with E-state index in [2.05, 4.69) is 11.4 Å². The summed E-state index contributed by atoms with van der Waals surface area (Å²) in [6.07, 6.45) is 2.00. The molecular weight excluding hydrogens is 420 g/mol. The van der Waals surface area contributed by atoms with Crippen LogP contribution in [0.3, 0.4) is 0 Å². The number of nitrogens with one attached hydrogen (secondary N) is 1. The monoisotopic (exact) mass is 450 g/mol. The molecule has 1 spiro atoms. The molecule has 2 amide bonds. The number of fused-ring (bicyclic) bond motifs is 2. The Kier molecular flexibility index (Phi) is 6.15. The maximum absolute atomic E-state index is 12.6. The van der Waals surface area contributed by atoms with Crippen molar-refractivity contribution in [1.82, 2.24) is 10.2 Å². The number of hydrogen-bond donors (Lipinski definition) is 1. The highest BCUT2D eigenvalue weighted by molar-refractivity contribution is 6.01. The van der Waals surface area contributed by atoms with E-state index in [-0.39, 0.29) is 17.4 Å². The molecule has 7 nitrogen and oxygen atoms in total. The molecule has 0 aromatic heterocycles. The lowest BCUT2D eigenvalue weighted by Gasteiger charge is -2.39. The van der Waals surface area contributed by atoms with Gasteiger partial charge in [-0.05, 0) is 57.4 Å². The van der Waals surface area contributed by atoms with E-state index in [9.17, 15) is 14.4 Å². The van der Waals surface area contributed by atoms with Crippen LogP contribution < -0.4 is 10.1 Å². The summed E-state index contributed by atoms with van der Waals surface area (Å²) in [6.45, 7) is 7.77. The number of likely N-dealkylation sites (tertiary alicyclic amines) is 1. The molecule has 0 aliphatic carbocycles. The third-order valence-corrected chi connectivity index (χ3v) is 6.28. The lowest BCUT2D eigenvalue weighted by Crippen LogP contribution is -2.47. The molecule has 0 saturated carbocycles. The van der Waals surface area contributed by atoms with Crippen molar-refractivity contribution in [2.75, 3.05) is 19.7 Å². The third kappa shape index (κ3) is 4.87. The number of ether oxygens (including phenoxy) is 2. The van der Waals surface area contributed by atoms with Gasteiger partial charge in [-0.15, -0.1) is 0 Å². The largest absolute Gasteiger partial charge is 0.492 e. The van der Waals surface area contributed by atoms with Gasteiger partial charge in [-0.2, -0.15) is 0 Å². The number of aldehydes is 1. The standard InChI is InChI=1S/C26H30N2O5/c1-25(2,3)33-24(31)28-12-10-26(11-13-28)17-32-22-9-8-18(14-21(22)26)15-27-23(30)20-7-5-4-6-19(20)16-29/h4-9,14,16H,10-13,15,17H2,1-3H3,(H,27,30). The van der Waals surface area contributed by atoms with Crippen LogP contribution in [0, 0.1) is 0 Å². The van der Waals surface area contributed by atoms with Crippen molar-refractivity contribution in [3.63, 3.8) is 0 Å². The first-order chi connectivity index (χ1) is 15.7. The van der Waals surface area contributed by atoms with Crippen LogP contribution in [-0.4, -0.2) is 48.5 Å². The molecular formula is C26H30N2O5. The molecule has 0 radical (unpaired) electrons. The van der Waals surface area contributed by atoms with E-state index in [1.807, 2.05) is 32.9 Å². The van der Waals surface area contributed by atoms with Gasteiger partial charge in [-0.3, -0.25) is 9.59 Å². The van der Waals surface area contributed by atoms with Crippen LogP contribution >= 0.6 is 0 Å². The molecule has 2 aromatic carbocycles. The number of amides is 2. The van der Waals surface area contributed by atoms with E-state index in [1.165, 1.54) is 0 Å². The topological polar surface area (TPSA) is 84.9 Å². The predicted octanol–water partition coefficient (Wildman–Crippen LogP) is 4.09. The zero-order chi connectivity index (χ0) is 23.6. The highest BCUT2D eigenvalue weighted by Gasteiger charge is 2.44. The maximum atomic E-state index is 12.6. The summed E-state index contributed by atoms with van der Waals surface area (Å²) in [5, 5.41) is 2.91. The first-order valence-electron chi connectivity index (χ1n) is 11.3. The van der Waals surface area contributed by atoms with Gasteiger partial charge in [-0.25, -0.2) is 4.79 Å². The Balaban J connectivity index is 1.43. The summed E-state index contributed by atoms with van der Waals surface area (Å²) in [5.41, 5.74) is 2.17. The Morgan fingerprint density at radius 2 is 1.88 bits per heavy atom. The molecule has 1 N–H and O–H groups in total. The molecule has 2 aromatic rings. The van der Waals surface area contributed by atoms with Crippen molar-refractivity contribution in [3.05, 3.63) is 64.7 Å². The van der Waals surface area contributed by atoms with Crippen molar-refractivity contribution in [2.45, 2.75) is 51.2 Å². The molecule has 2 aliphatic rings. The van der Waals surface area contributed by atoms with Gasteiger partial charge in [0.1, 0.15) is 11.4 Å². The van der Waals surface area contributed by atoms with Crippen LogP contribution in [0.1, 0.15) is 65.5 Å². The average Bonchev–Trinajstić information content (AvgIpc) is 3.14. The van der Waals surface area contributed by atoms with Gasteiger partial charge in [0.25, 0.3) is 5.91 Å². The first kappa shape index (κ1) is 22.8. The molecule has 0 unspecified atom stereocenters. The third-order valence-electron chi connectivity index (χ3n) is 6.28. The predicted molar refractivity (Wildman–Crippen MR) is 124 cm³/mol. The van der Waals surface area contributed by atoms with E-state index >= 15 is 0 Å². The van der Waals surface area contributed by atoms with Gasteiger partial charge in [-0.1, -0.05) is 24.3 Å². The fraction of sp³-hybridized carbons (Fsp3) is 0.423. The Hall–Kier alpha value is -3.35. The molecule has 2 heterocycles. The lowest BCUT2D eigenvalue weighted by atomic mass is 9.74. The molecule has 1 fully saturated rings. The molecule has 4 rings (SSSR count). The molecule has 7 heteroatoms. The van der Waals surface area contributed by atoms with Crippen LogP contribution in [0.15, 0.2) is 42.5 Å². The van der Waals surface area contributed by atoms with E-state index in [0.29, 0.717) is 43.7 Å². The molecule has 174 valence electrons. The molecule has 2 aliphatic heterocycles. The first-order valence-corrected chi connectivity index (χ1v) is 11.3. The fourth-order valence-corrected chi connectivity index (χ4v) is 4.46. The fourth-order valence-electron chi connectivity index (χ4n) is 4.46.